The van der Waals surface area contributed by atoms with Gasteiger partial charge in [0.2, 0.25) is 15.9 Å². The predicted octanol–water partition coefficient (Wildman–Crippen LogP) is 3.59. The molecule has 0 aliphatic carbocycles. The van der Waals surface area contributed by atoms with Crippen LogP contribution >= 0.6 is 11.6 Å². The summed E-state index contributed by atoms with van der Waals surface area (Å²) in [6.07, 6.45) is 2.82. The summed E-state index contributed by atoms with van der Waals surface area (Å²) in [5.74, 6) is -0.884. The average Bonchev–Trinajstić information content (AvgIpc) is 2.81. The molecule has 2 N–H and O–H groups in total. The number of carbonyl (C=O) groups excluding carboxylic acids is 2. The van der Waals surface area contributed by atoms with E-state index in [0.717, 1.165) is 24.8 Å². The largest absolute Gasteiger partial charge is 0.350 e. The number of carbonyl (C=O) groups is 2. The third-order valence-corrected chi connectivity index (χ3v) is 7.94. The molecule has 0 bridgehead atoms. The molecule has 0 saturated carbocycles. The van der Waals surface area contributed by atoms with Gasteiger partial charge in [-0.05, 0) is 48.6 Å². The SMILES string of the molecule is CC(C)C(NC(=O)c1ccccc1Cl)C(=O)NCc1ccc(S(=O)(=O)N2CCCCC2)cc1. The van der Waals surface area contributed by atoms with E-state index in [2.05, 4.69) is 10.6 Å². The molecule has 1 aliphatic rings. The molecule has 2 aromatic rings. The standard InChI is InChI=1S/C24H30ClN3O4S/c1-17(2)22(27-23(29)20-8-4-5-9-21(20)25)24(30)26-16-18-10-12-19(13-11-18)33(31,32)28-14-6-3-7-15-28/h4-5,8-13,17,22H,3,6-7,14-16H2,1-2H3,(H,26,30)(H,27,29). The Balaban J connectivity index is 1.61. The lowest BCUT2D eigenvalue weighted by atomic mass is 10.0. The number of halogens is 1. The van der Waals surface area contributed by atoms with Crippen molar-refractivity contribution in [2.45, 2.75) is 50.6 Å². The van der Waals surface area contributed by atoms with E-state index in [4.69, 9.17) is 11.6 Å². The minimum absolute atomic E-state index is 0.145. The van der Waals surface area contributed by atoms with Crippen molar-refractivity contribution in [1.82, 2.24) is 14.9 Å². The first-order valence-electron chi connectivity index (χ1n) is 11.1. The molecule has 1 atom stereocenters. The number of piperidine rings is 1. The maximum absolute atomic E-state index is 12.8. The minimum Gasteiger partial charge on any atom is -0.350 e. The van der Waals surface area contributed by atoms with Gasteiger partial charge in [0.15, 0.2) is 0 Å². The van der Waals surface area contributed by atoms with Gasteiger partial charge in [0.1, 0.15) is 6.04 Å². The Morgan fingerprint density at radius 3 is 2.24 bits per heavy atom. The van der Waals surface area contributed by atoms with Crippen molar-refractivity contribution in [2.75, 3.05) is 13.1 Å². The van der Waals surface area contributed by atoms with Gasteiger partial charge in [-0.1, -0.05) is 56.1 Å². The number of amides is 2. The smallest absolute Gasteiger partial charge is 0.253 e. The third kappa shape index (κ3) is 6.34. The molecule has 2 amide bonds. The molecule has 178 valence electrons. The van der Waals surface area contributed by atoms with Gasteiger partial charge < -0.3 is 10.6 Å². The van der Waals surface area contributed by atoms with Crippen LogP contribution in [0.4, 0.5) is 0 Å². The van der Waals surface area contributed by atoms with E-state index < -0.39 is 22.0 Å². The quantitative estimate of drug-likeness (QED) is 0.590. The van der Waals surface area contributed by atoms with Crippen LogP contribution in [0.1, 0.15) is 49.0 Å². The normalized spacial score (nSPS) is 15.8. The molecular weight excluding hydrogens is 462 g/mol. The molecule has 1 heterocycles. The lowest BCUT2D eigenvalue weighted by Crippen LogP contribution is -2.49. The average molecular weight is 492 g/mol. The summed E-state index contributed by atoms with van der Waals surface area (Å²) in [6.45, 7) is 5.01. The van der Waals surface area contributed by atoms with E-state index in [1.807, 2.05) is 13.8 Å². The van der Waals surface area contributed by atoms with Crippen LogP contribution < -0.4 is 10.6 Å². The van der Waals surface area contributed by atoms with Crippen molar-refractivity contribution < 1.29 is 18.0 Å². The van der Waals surface area contributed by atoms with Crippen molar-refractivity contribution in [3.63, 3.8) is 0 Å². The highest BCUT2D eigenvalue weighted by atomic mass is 35.5. The first-order valence-corrected chi connectivity index (χ1v) is 12.9. The van der Waals surface area contributed by atoms with Gasteiger partial charge in [-0.2, -0.15) is 4.31 Å². The van der Waals surface area contributed by atoms with Crippen LogP contribution in [0.5, 0.6) is 0 Å². The van der Waals surface area contributed by atoms with Crippen LogP contribution in [0.15, 0.2) is 53.4 Å². The van der Waals surface area contributed by atoms with Crippen LogP contribution in [-0.2, 0) is 21.4 Å². The molecule has 9 heteroatoms. The maximum Gasteiger partial charge on any atom is 0.253 e. The second-order valence-corrected chi connectivity index (χ2v) is 10.8. The highest BCUT2D eigenvalue weighted by molar-refractivity contribution is 7.89. The van der Waals surface area contributed by atoms with Crippen molar-refractivity contribution >= 4 is 33.4 Å². The van der Waals surface area contributed by atoms with Crippen molar-refractivity contribution in [3.05, 3.63) is 64.7 Å². The number of rotatable bonds is 8. The number of sulfonamides is 1. The Morgan fingerprint density at radius 2 is 1.64 bits per heavy atom. The molecule has 1 saturated heterocycles. The molecule has 3 rings (SSSR count). The van der Waals surface area contributed by atoms with E-state index in [-0.39, 0.29) is 23.3 Å². The number of hydrogen-bond donors (Lipinski definition) is 2. The van der Waals surface area contributed by atoms with Crippen molar-refractivity contribution in [1.29, 1.82) is 0 Å². The molecule has 1 unspecified atom stereocenters. The summed E-state index contributed by atoms with van der Waals surface area (Å²) in [5.41, 5.74) is 1.07. The molecule has 0 spiro atoms. The first-order chi connectivity index (χ1) is 15.7. The second-order valence-electron chi connectivity index (χ2n) is 8.50. The molecule has 1 aliphatic heterocycles. The third-order valence-electron chi connectivity index (χ3n) is 5.70. The second kappa shape index (κ2) is 11.1. The Kier molecular flexibility index (Phi) is 8.51. The summed E-state index contributed by atoms with van der Waals surface area (Å²) in [6, 6.07) is 12.5. The van der Waals surface area contributed by atoms with Gasteiger partial charge in [0, 0.05) is 19.6 Å². The molecule has 0 aromatic heterocycles. The number of benzene rings is 2. The molecular formula is C24H30ClN3O4S. The molecule has 7 nitrogen and oxygen atoms in total. The van der Waals surface area contributed by atoms with Crippen molar-refractivity contribution in [2.24, 2.45) is 5.92 Å². The number of hydrogen-bond acceptors (Lipinski definition) is 4. The zero-order chi connectivity index (χ0) is 24.0. The van der Waals surface area contributed by atoms with Crippen LogP contribution in [0.3, 0.4) is 0 Å². The van der Waals surface area contributed by atoms with E-state index in [1.54, 1.807) is 48.5 Å². The molecule has 33 heavy (non-hydrogen) atoms. The number of nitrogens with one attached hydrogen (secondary N) is 2. The fourth-order valence-corrected chi connectivity index (χ4v) is 5.47. The fourth-order valence-electron chi connectivity index (χ4n) is 3.73. The summed E-state index contributed by atoms with van der Waals surface area (Å²) in [5, 5.41) is 5.90. The molecule has 1 fully saturated rings. The lowest BCUT2D eigenvalue weighted by Gasteiger charge is -2.26. The van der Waals surface area contributed by atoms with Gasteiger partial charge in [-0.3, -0.25) is 9.59 Å². The predicted molar refractivity (Wildman–Crippen MR) is 128 cm³/mol. The van der Waals surface area contributed by atoms with E-state index in [9.17, 15) is 18.0 Å². The molecule has 0 radical (unpaired) electrons. The minimum atomic E-state index is -3.49. The summed E-state index contributed by atoms with van der Waals surface area (Å²) >= 11 is 6.09. The summed E-state index contributed by atoms with van der Waals surface area (Å²) in [7, 11) is -3.49. The van der Waals surface area contributed by atoms with Gasteiger partial charge in [0.25, 0.3) is 5.91 Å². The monoisotopic (exact) mass is 491 g/mol. The Labute approximate surface area is 200 Å². The fraction of sp³-hybridized carbons (Fsp3) is 0.417. The maximum atomic E-state index is 12.8. The number of nitrogens with zero attached hydrogens (tertiary/aromatic N) is 1. The van der Waals surface area contributed by atoms with Crippen LogP contribution in [0, 0.1) is 5.92 Å². The van der Waals surface area contributed by atoms with Gasteiger partial charge >= 0.3 is 0 Å². The highest BCUT2D eigenvalue weighted by Gasteiger charge is 2.27. The summed E-state index contributed by atoms with van der Waals surface area (Å²) < 4.78 is 27.1. The van der Waals surface area contributed by atoms with Gasteiger partial charge in [-0.25, -0.2) is 8.42 Å². The first kappa shape index (κ1) is 25.2. The lowest BCUT2D eigenvalue weighted by molar-refractivity contribution is -0.124. The van der Waals surface area contributed by atoms with E-state index in [0.29, 0.717) is 23.7 Å². The Hall–Kier alpha value is -2.42. The van der Waals surface area contributed by atoms with Crippen LogP contribution in [-0.4, -0.2) is 43.7 Å². The summed E-state index contributed by atoms with van der Waals surface area (Å²) in [4.78, 5) is 25.6. The zero-order valence-corrected chi connectivity index (χ0v) is 20.5. The highest BCUT2D eigenvalue weighted by Crippen LogP contribution is 2.21. The van der Waals surface area contributed by atoms with Crippen LogP contribution in [0.2, 0.25) is 5.02 Å². The Bertz CT molecular complexity index is 1080. The van der Waals surface area contributed by atoms with Gasteiger partial charge in [0.05, 0.1) is 15.5 Å². The Morgan fingerprint density at radius 1 is 1.00 bits per heavy atom. The van der Waals surface area contributed by atoms with E-state index >= 15 is 0 Å². The molecule has 2 aromatic carbocycles. The topological polar surface area (TPSA) is 95.6 Å². The van der Waals surface area contributed by atoms with Crippen LogP contribution in [0.25, 0.3) is 0 Å². The zero-order valence-electron chi connectivity index (χ0n) is 18.9. The van der Waals surface area contributed by atoms with Gasteiger partial charge in [-0.15, -0.1) is 0 Å². The van der Waals surface area contributed by atoms with E-state index in [1.165, 1.54) is 4.31 Å². The van der Waals surface area contributed by atoms with Crippen molar-refractivity contribution in [3.8, 4) is 0 Å².